The standard InChI is InChI=1S/C7H7.Cd.H3O3P/c1-7-5-3-2-4-6-7;;1-4(2)3/h2-6H,1H2;;1-3H. The van der Waals surface area contributed by atoms with Gasteiger partial charge in [-0.15, -0.1) is 0 Å². The third-order valence-electron chi connectivity index (χ3n) is 1.13. The first-order chi connectivity index (χ1) is 5.66. The zero-order valence-corrected chi connectivity index (χ0v) is 11.5. The van der Waals surface area contributed by atoms with E-state index in [4.69, 9.17) is 14.7 Å². The van der Waals surface area contributed by atoms with Gasteiger partial charge in [0.1, 0.15) is 0 Å². The van der Waals surface area contributed by atoms with Gasteiger partial charge in [-0.25, -0.2) is 0 Å². The van der Waals surface area contributed by atoms with Crippen LogP contribution in [-0.4, -0.2) is 14.7 Å². The summed E-state index contributed by atoms with van der Waals surface area (Å²) in [4.78, 5) is 21.7. The van der Waals surface area contributed by atoms with Gasteiger partial charge in [-0.2, -0.15) is 0 Å². The van der Waals surface area contributed by atoms with Crippen molar-refractivity contribution < 1.29 is 40.4 Å². The molecule has 0 saturated carbocycles. The second-order valence-electron chi connectivity index (χ2n) is 2.00. The Morgan fingerprint density at radius 2 is 1.50 bits per heavy atom. The van der Waals surface area contributed by atoms with Crippen LogP contribution < -0.4 is 0 Å². The van der Waals surface area contributed by atoms with Crippen LogP contribution >= 0.6 is 8.60 Å². The first-order valence-electron chi connectivity index (χ1n) is 3.36. The SMILES string of the molecule is OP(O)O.[Cd][CH2]c1ccccc1. The van der Waals surface area contributed by atoms with Gasteiger partial charge < -0.3 is 14.7 Å². The second kappa shape index (κ2) is 8.07. The molecule has 1 aromatic rings. The summed E-state index contributed by atoms with van der Waals surface area (Å²) in [6.45, 7) is 0. The summed E-state index contributed by atoms with van der Waals surface area (Å²) in [5.74, 6) is 0. The first-order valence-corrected chi connectivity index (χ1v) is 7.42. The van der Waals surface area contributed by atoms with Gasteiger partial charge >= 0.3 is 74.2 Å². The van der Waals surface area contributed by atoms with E-state index >= 15 is 0 Å². The van der Waals surface area contributed by atoms with Gasteiger partial charge in [-0.1, -0.05) is 0 Å². The average molecular weight is 286 g/mol. The van der Waals surface area contributed by atoms with Crippen molar-refractivity contribution in [2.24, 2.45) is 0 Å². The molecule has 0 heterocycles. The Morgan fingerprint density at radius 1 is 1.08 bits per heavy atom. The molecule has 0 fully saturated rings. The van der Waals surface area contributed by atoms with Gasteiger partial charge in [-0.05, 0) is 0 Å². The Hall–Kier alpha value is 0.452. The van der Waals surface area contributed by atoms with Gasteiger partial charge in [0.25, 0.3) is 0 Å². The van der Waals surface area contributed by atoms with Crippen molar-refractivity contribution in [1.82, 2.24) is 0 Å². The third-order valence-corrected chi connectivity index (χ3v) is 2.78. The van der Waals surface area contributed by atoms with E-state index in [2.05, 4.69) is 30.3 Å². The Kier molecular flexibility index (Phi) is 8.37. The Bertz CT molecular complexity index is 190. The fraction of sp³-hybridized carbons (Fsp3) is 0.143. The Morgan fingerprint density at radius 3 is 1.75 bits per heavy atom. The van der Waals surface area contributed by atoms with Gasteiger partial charge in [0.05, 0.1) is 0 Å². The maximum atomic E-state index is 7.23. The number of hydrogen-bond acceptors (Lipinski definition) is 3. The molecule has 0 atom stereocenters. The molecule has 1 aromatic carbocycles. The summed E-state index contributed by atoms with van der Waals surface area (Å²) in [5, 5.41) is 0. The van der Waals surface area contributed by atoms with Crippen LogP contribution in [0.25, 0.3) is 0 Å². The minimum atomic E-state index is -2.62. The zero-order chi connectivity index (χ0) is 9.40. The fourth-order valence-corrected chi connectivity index (χ4v) is 1.60. The van der Waals surface area contributed by atoms with Gasteiger partial charge in [0.15, 0.2) is 0 Å². The molecular formula is C7H10CdO3P. The molecule has 0 radical (unpaired) electrons. The van der Waals surface area contributed by atoms with Crippen molar-refractivity contribution >= 4 is 8.60 Å². The number of hydrogen-bond donors (Lipinski definition) is 3. The fourth-order valence-electron chi connectivity index (χ4n) is 0.645. The molecule has 63 valence electrons. The number of rotatable bonds is 1. The Labute approximate surface area is 88.8 Å². The van der Waals surface area contributed by atoms with Crippen LogP contribution in [0.3, 0.4) is 0 Å². The molecule has 0 amide bonds. The van der Waals surface area contributed by atoms with E-state index in [1.165, 1.54) is 9.54 Å². The van der Waals surface area contributed by atoms with Crippen LogP contribution in [0.2, 0.25) is 0 Å². The summed E-state index contributed by atoms with van der Waals surface area (Å²) in [6, 6.07) is 10.6. The molecule has 0 aliphatic carbocycles. The van der Waals surface area contributed by atoms with Crippen molar-refractivity contribution in [2.45, 2.75) is 3.98 Å². The molecule has 12 heavy (non-hydrogen) atoms. The van der Waals surface area contributed by atoms with E-state index in [1.807, 2.05) is 0 Å². The van der Waals surface area contributed by atoms with Crippen LogP contribution in [0.1, 0.15) is 5.56 Å². The summed E-state index contributed by atoms with van der Waals surface area (Å²) in [6.07, 6.45) is 0. The van der Waals surface area contributed by atoms with Crippen LogP contribution in [0.15, 0.2) is 30.3 Å². The summed E-state index contributed by atoms with van der Waals surface area (Å²) < 4.78 is 1.31. The molecule has 0 unspecified atom stereocenters. The maximum absolute atomic E-state index is 7.23. The van der Waals surface area contributed by atoms with E-state index in [9.17, 15) is 0 Å². The molecule has 3 N–H and O–H groups in total. The molecule has 0 saturated heterocycles. The normalized spacial score (nSPS) is 9.17. The molecule has 1 rings (SSSR count). The first kappa shape index (κ1) is 12.5. The molecule has 0 spiro atoms. The summed E-state index contributed by atoms with van der Waals surface area (Å²) in [7, 11) is -2.62. The van der Waals surface area contributed by atoms with E-state index in [1.54, 1.807) is 0 Å². The van der Waals surface area contributed by atoms with Crippen LogP contribution in [0.4, 0.5) is 0 Å². The van der Waals surface area contributed by atoms with Gasteiger partial charge in [-0.3, -0.25) is 0 Å². The van der Waals surface area contributed by atoms with Crippen LogP contribution in [0, 0.1) is 0 Å². The number of benzene rings is 1. The Balaban J connectivity index is 0.000000261. The predicted molar refractivity (Wildman–Crippen MR) is 43.7 cm³/mol. The predicted octanol–water partition coefficient (Wildman–Crippen LogP) is 0.924. The molecule has 5 heteroatoms. The second-order valence-corrected chi connectivity index (χ2v) is 3.97. The average Bonchev–Trinajstić information content (AvgIpc) is 2.05. The van der Waals surface area contributed by atoms with E-state index < -0.39 is 8.60 Å². The van der Waals surface area contributed by atoms with Crippen molar-refractivity contribution in [3.63, 3.8) is 0 Å². The van der Waals surface area contributed by atoms with Crippen molar-refractivity contribution in [2.75, 3.05) is 0 Å². The van der Waals surface area contributed by atoms with Crippen molar-refractivity contribution in [1.29, 1.82) is 0 Å². The van der Waals surface area contributed by atoms with Gasteiger partial charge in [0, 0.05) is 0 Å². The molecule has 0 aromatic heterocycles. The molecule has 0 bridgehead atoms. The topological polar surface area (TPSA) is 60.7 Å². The monoisotopic (exact) mass is 287 g/mol. The molecule has 0 aliphatic rings. The molecular weight excluding hydrogens is 275 g/mol. The molecule has 3 nitrogen and oxygen atoms in total. The van der Waals surface area contributed by atoms with E-state index in [0.717, 1.165) is 25.8 Å². The van der Waals surface area contributed by atoms with Gasteiger partial charge in [0.2, 0.25) is 0 Å². The van der Waals surface area contributed by atoms with E-state index in [0.29, 0.717) is 0 Å². The van der Waals surface area contributed by atoms with Crippen molar-refractivity contribution in [3.05, 3.63) is 35.9 Å². The summed E-state index contributed by atoms with van der Waals surface area (Å²) in [5.41, 5.74) is 1.49. The zero-order valence-electron chi connectivity index (χ0n) is 6.59. The van der Waals surface area contributed by atoms with Crippen LogP contribution in [0.5, 0.6) is 0 Å². The summed E-state index contributed by atoms with van der Waals surface area (Å²) >= 11 is 1.08. The quantitative estimate of drug-likeness (QED) is 0.531. The minimum absolute atomic E-state index is 1.08. The van der Waals surface area contributed by atoms with E-state index in [-0.39, 0.29) is 0 Å². The van der Waals surface area contributed by atoms with Crippen molar-refractivity contribution in [3.8, 4) is 0 Å². The van der Waals surface area contributed by atoms with Crippen LogP contribution in [-0.2, 0) is 29.7 Å². The molecule has 0 aliphatic heterocycles. The third kappa shape index (κ3) is 8.55.